The van der Waals surface area contributed by atoms with Gasteiger partial charge < -0.3 is 19.8 Å². The normalized spacial score (nSPS) is 14.4. The molecule has 0 amide bonds. The fraction of sp³-hybridized carbons (Fsp3) is 0.407. The van der Waals surface area contributed by atoms with Crippen LogP contribution in [0.25, 0.3) is 11.0 Å². The SMILES string of the molecule is Cn1c(=O)n(C(CCC(=O)O)C(=O)O)c2ccc(N3CC(CCCC(=O)OCc4ccccc4)C3)cc21. The van der Waals surface area contributed by atoms with Gasteiger partial charge in [-0.15, -0.1) is 0 Å². The first-order chi connectivity index (χ1) is 17.7. The molecule has 1 aliphatic rings. The van der Waals surface area contributed by atoms with Crippen molar-refractivity contribution in [1.29, 1.82) is 0 Å². The van der Waals surface area contributed by atoms with Crippen LogP contribution < -0.4 is 10.6 Å². The number of esters is 1. The highest BCUT2D eigenvalue weighted by atomic mass is 16.5. The third-order valence-corrected chi connectivity index (χ3v) is 6.86. The maximum atomic E-state index is 12.9. The molecule has 2 aromatic carbocycles. The van der Waals surface area contributed by atoms with Crippen molar-refractivity contribution in [2.75, 3.05) is 18.0 Å². The summed E-state index contributed by atoms with van der Waals surface area (Å²) in [6.07, 6.45) is 1.53. The summed E-state index contributed by atoms with van der Waals surface area (Å²) < 4.78 is 7.89. The number of carboxylic acid groups (broad SMARTS) is 2. The average Bonchev–Trinajstić information content (AvgIpc) is 3.09. The Labute approximate surface area is 213 Å². The second-order valence-electron chi connectivity index (χ2n) is 9.48. The van der Waals surface area contributed by atoms with E-state index in [1.807, 2.05) is 42.5 Å². The number of hydrogen-bond donors (Lipinski definition) is 2. The summed E-state index contributed by atoms with van der Waals surface area (Å²) in [6, 6.07) is 13.8. The summed E-state index contributed by atoms with van der Waals surface area (Å²) >= 11 is 0. The van der Waals surface area contributed by atoms with Gasteiger partial charge in [0.2, 0.25) is 0 Å². The molecule has 2 N–H and O–H groups in total. The van der Waals surface area contributed by atoms with Gasteiger partial charge in [0.25, 0.3) is 0 Å². The van der Waals surface area contributed by atoms with Crippen LogP contribution in [-0.4, -0.2) is 50.3 Å². The number of aromatic nitrogens is 2. The van der Waals surface area contributed by atoms with Crippen molar-refractivity contribution < 1.29 is 29.3 Å². The van der Waals surface area contributed by atoms with Gasteiger partial charge in [-0.05, 0) is 48.9 Å². The van der Waals surface area contributed by atoms with E-state index in [1.54, 1.807) is 13.1 Å². The van der Waals surface area contributed by atoms with E-state index in [-0.39, 0.29) is 25.4 Å². The predicted molar refractivity (Wildman–Crippen MR) is 137 cm³/mol. The van der Waals surface area contributed by atoms with Crippen LogP contribution in [0.2, 0.25) is 0 Å². The van der Waals surface area contributed by atoms with Crippen molar-refractivity contribution >= 4 is 34.6 Å². The zero-order chi connectivity index (χ0) is 26.5. The molecule has 1 saturated heterocycles. The number of hydrogen-bond acceptors (Lipinski definition) is 6. The van der Waals surface area contributed by atoms with Crippen molar-refractivity contribution in [3.05, 3.63) is 64.6 Å². The lowest BCUT2D eigenvalue weighted by molar-refractivity contribution is -0.145. The molecule has 37 heavy (non-hydrogen) atoms. The van der Waals surface area contributed by atoms with Crippen molar-refractivity contribution in [3.63, 3.8) is 0 Å². The van der Waals surface area contributed by atoms with Crippen LogP contribution >= 0.6 is 0 Å². The lowest BCUT2D eigenvalue weighted by atomic mass is 9.93. The van der Waals surface area contributed by atoms with Gasteiger partial charge in [0.1, 0.15) is 12.6 Å². The first-order valence-corrected chi connectivity index (χ1v) is 12.3. The molecule has 1 fully saturated rings. The molecule has 1 atom stereocenters. The molecule has 0 radical (unpaired) electrons. The number of carboxylic acids is 2. The van der Waals surface area contributed by atoms with Gasteiger partial charge in [0.05, 0.1) is 11.0 Å². The van der Waals surface area contributed by atoms with E-state index < -0.39 is 23.7 Å². The molecule has 0 spiro atoms. The molecule has 196 valence electrons. The Bertz CT molecular complexity index is 1340. The number of fused-ring (bicyclic) bond motifs is 1. The van der Waals surface area contributed by atoms with Crippen molar-refractivity contribution in [3.8, 4) is 0 Å². The highest BCUT2D eigenvalue weighted by molar-refractivity contribution is 5.83. The van der Waals surface area contributed by atoms with Gasteiger partial charge in [-0.25, -0.2) is 9.59 Å². The summed E-state index contributed by atoms with van der Waals surface area (Å²) in [4.78, 5) is 49.8. The highest BCUT2D eigenvalue weighted by Crippen LogP contribution is 2.31. The van der Waals surface area contributed by atoms with Gasteiger partial charge in [-0.1, -0.05) is 30.3 Å². The molecule has 4 rings (SSSR count). The minimum absolute atomic E-state index is 0.182. The Morgan fingerprint density at radius 1 is 1.03 bits per heavy atom. The Hall–Kier alpha value is -4.08. The molecular weight excluding hydrogens is 478 g/mol. The standard InChI is InChI=1S/C27H31N3O7/c1-28-23-14-20(10-11-21(23)30(27(28)36)22(26(34)35)12-13-24(31)32)29-15-19(16-29)8-5-9-25(33)37-17-18-6-3-2-4-7-18/h2-4,6-7,10-11,14,19,22H,5,8-9,12-13,15-17H2,1H3,(H,31,32)(H,34,35). The van der Waals surface area contributed by atoms with Crippen LogP contribution in [0.4, 0.5) is 5.69 Å². The Kier molecular flexibility index (Phi) is 7.95. The second kappa shape index (κ2) is 11.3. The summed E-state index contributed by atoms with van der Waals surface area (Å²) in [6.45, 7) is 1.95. The van der Waals surface area contributed by atoms with Crippen molar-refractivity contribution in [1.82, 2.24) is 9.13 Å². The number of benzene rings is 2. The molecule has 1 aliphatic heterocycles. The van der Waals surface area contributed by atoms with Crippen molar-refractivity contribution in [2.24, 2.45) is 13.0 Å². The van der Waals surface area contributed by atoms with E-state index in [2.05, 4.69) is 4.90 Å². The number of ether oxygens (including phenoxy) is 1. The van der Waals surface area contributed by atoms with Crippen molar-refractivity contribution in [2.45, 2.75) is 44.8 Å². The molecule has 10 nitrogen and oxygen atoms in total. The molecule has 10 heteroatoms. The zero-order valence-corrected chi connectivity index (χ0v) is 20.7. The maximum Gasteiger partial charge on any atom is 0.329 e. The number of carbonyl (C=O) groups is 3. The number of aliphatic carboxylic acids is 2. The first-order valence-electron chi connectivity index (χ1n) is 12.3. The highest BCUT2D eigenvalue weighted by Gasteiger charge is 2.29. The van der Waals surface area contributed by atoms with Gasteiger partial charge in [0.15, 0.2) is 0 Å². The van der Waals surface area contributed by atoms with Crippen LogP contribution in [0.5, 0.6) is 0 Å². The number of nitrogens with zero attached hydrogens (tertiary/aromatic N) is 3. The topological polar surface area (TPSA) is 131 Å². The van der Waals surface area contributed by atoms with Crippen LogP contribution in [-0.2, 0) is 32.8 Å². The lowest BCUT2D eigenvalue weighted by Gasteiger charge is -2.41. The monoisotopic (exact) mass is 509 g/mol. The molecule has 3 aromatic rings. The summed E-state index contributed by atoms with van der Waals surface area (Å²) in [5, 5.41) is 18.6. The molecule has 2 heterocycles. The van der Waals surface area contributed by atoms with E-state index in [0.29, 0.717) is 23.4 Å². The minimum Gasteiger partial charge on any atom is -0.481 e. The maximum absolute atomic E-state index is 12.9. The fourth-order valence-corrected chi connectivity index (χ4v) is 4.78. The van der Waals surface area contributed by atoms with Gasteiger partial charge in [0, 0.05) is 38.7 Å². The quantitative estimate of drug-likeness (QED) is 0.356. The number of anilines is 1. The van der Waals surface area contributed by atoms with Gasteiger partial charge in [-0.3, -0.25) is 18.7 Å². The smallest absolute Gasteiger partial charge is 0.329 e. The van der Waals surface area contributed by atoms with E-state index in [1.165, 1.54) is 9.13 Å². The molecule has 0 bridgehead atoms. The minimum atomic E-state index is -1.26. The average molecular weight is 510 g/mol. The summed E-state index contributed by atoms with van der Waals surface area (Å²) in [7, 11) is 1.58. The largest absolute Gasteiger partial charge is 0.481 e. The lowest BCUT2D eigenvalue weighted by Crippen LogP contribution is -2.46. The van der Waals surface area contributed by atoms with E-state index in [4.69, 9.17) is 9.84 Å². The third kappa shape index (κ3) is 6.02. The van der Waals surface area contributed by atoms with Crippen LogP contribution in [0.15, 0.2) is 53.3 Å². The third-order valence-electron chi connectivity index (χ3n) is 6.86. The Balaban J connectivity index is 1.32. The molecular formula is C27H31N3O7. The Morgan fingerprint density at radius 2 is 1.76 bits per heavy atom. The second-order valence-corrected chi connectivity index (χ2v) is 9.48. The molecule has 0 aliphatic carbocycles. The number of imidazole rings is 1. The predicted octanol–water partition coefficient (Wildman–Crippen LogP) is 3.18. The number of aryl methyl sites for hydroxylation is 1. The summed E-state index contributed by atoms with van der Waals surface area (Å²) in [5.74, 6) is -2.09. The van der Waals surface area contributed by atoms with E-state index >= 15 is 0 Å². The van der Waals surface area contributed by atoms with Gasteiger partial charge in [-0.2, -0.15) is 0 Å². The Morgan fingerprint density at radius 3 is 2.43 bits per heavy atom. The first kappa shape index (κ1) is 26.0. The summed E-state index contributed by atoms with van der Waals surface area (Å²) in [5.41, 5.74) is 2.45. The van der Waals surface area contributed by atoms with Crippen LogP contribution in [0, 0.1) is 5.92 Å². The molecule has 1 unspecified atom stereocenters. The molecule has 1 aromatic heterocycles. The van der Waals surface area contributed by atoms with E-state index in [9.17, 15) is 24.3 Å². The number of carbonyl (C=O) groups excluding carboxylic acids is 1. The molecule has 0 saturated carbocycles. The van der Waals surface area contributed by atoms with Gasteiger partial charge >= 0.3 is 23.6 Å². The van der Waals surface area contributed by atoms with Crippen LogP contribution in [0.1, 0.15) is 43.7 Å². The van der Waals surface area contributed by atoms with E-state index in [0.717, 1.165) is 37.2 Å². The van der Waals surface area contributed by atoms with Crippen LogP contribution in [0.3, 0.4) is 0 Å². The number of rotatable bonds is 12. The zero-order valence-electron chi connectivity index (χ0n) is 20.7. The fourth-order valence-electron chi connectivity index (χ4n) is 4.78.